The van der Waals surface area contributed by atoms with E-state index < -0.39 is 17.2 Å². The molecular formula is C20H22N4O2S. The van der Waals surface area contributed by atoms with Crippen molar-refractivity contribution < 1.29 is 9.59 Å². The zero-order valence-electron chi connectivity index (χ0n) is 15.9. The number of carbonyl (C=O) groups is 2. The highest BCUT2D eigenvalue weighted by Gasteiger charge is 2.44. The molecule has 1 aromatic heterocycles. The average Bonchev–Trinajstić information content (AvgIpc) is 3.37. The van der Waals surface area contributed by atoms with Gasteiger partial charge in [-0.05, 0) is 32.8 Å². The molecule has 2 heterocycles. The van der Waals surface area contributed by atoms with Gasteiger partial charge in [-0.15, -0.1) is 0 Å². The van der Waals surface area contributed by atoms with Crippen LogP contribution in [0.2, 0.25) is 0 Å². The molecule has 0 aromatic carbocycles. The van der Waals surface area contributed by atoms with Crippen molar-refractivity contribution in [2.45, 2.75) is 46.6 Å². The van der Waals surface area contributed by atoms with Crippen LogP contribution in [0.1, 0.15) is 54.5 Å². The predicted molar refractivity (Wildman–Crippen MR) is 103 cm³/mol. The van der Waals surface area contributed by atoms with E-state index in [1.807, 2.05) is 26.0 Å². The number of ketones is 1. The molecule has 1 atom stereocenters. The highest BCUT2D eigenvalue weighted by atomic mass is 32.2. The van der Waals surface area contributed by atoms with Crippen molar-refractivity contribution in [3.8, 4) is 12.1 Å². The van der Waals surface area contributed by atoms with Gasteiger partial charge in [0, 0.05) is 28.4 Å². The molecule has 27 heavy (non-hydrogen) atoms. The molecule has 0 radical (unpaired) electrons. The van der Waals surface area contributed by atoms with E-state index in [9.17, 15) is 20.1 Å². The highest BCUT2D eigenvalue weighted by Crippen LogP contribution is 2.42. The molecule has 1 saturated carbocycles. The van der Waals surface area contributed by atoms with Crippen LogP contribution < -0.4 is 5.32 Å². The topological polar surface area (TPSA) is 98.7 Å². The molecule has 1 N–H and O–H groups in total. The van der Waals surface area contributed by atoms with Crippen LogP contribution in [-0.2, 0) is 4.79 Å². The normalized spacial score (nSPS) is 21.4. The van der Waals surface area contributed by atoms with Gasteiger partial charge in [-0.3, -0.25) is 9.59 Å². The summed E-state index contributed by atoms with van der Waals surface area (Å²) in [7, 11) is 0. The molecule has 1 amide bonds. The molecule has 1 aromatic rings. The third-order valence-corrected chi connectivity index (χ3v) is 6.38. The minimum Gasteiger partial charge on any atom is -0.345 e. The Morgan fingerprint density at radius 2 is 2.04 bits per heavy atom. The lowest BCUT2D eigenvalue weighted by atomic mass is 9.72. The highest BCUT2D eigenvalue weighted by molar-refractivity contribution is 8.03. The lowest BCUT2D eigenvalue weighted by Gasteiger charge is -2.34. The van der Waals surface area contributed by atoms with Gasteiger partial charge < -0.3 is 9.88 Å². The Kier molecular flexibility index (Phi) is 4.92. The summed E-state index contributed by atoms with van der Waals surface area (Å²) in [6, 6.07) is 6.52. The number of nitrogens with one attached hydrogen (secondary N) is 1. The summed E-state index contributed by atoms with van der Waals surface area (Å²) in [5.41, 5.74) is 2.22. The van der Waals surface area contributed by atoms with Gasteiger partial charge in [0.2, 0.25) is 5.91 Å². The van der Waals surface area contributed by atoms with Crippen LogP contribution in [0.15, 0.2) is 16.7 Å². The Labute approximate surface area is 163 Å². The van der Waals surface area contributed by atoms with Crippen molar-refractivity contribution >= 4 is 23.5 Å². The lowest BCUT2D eigenvalue weighted by molar-refractivity contribution is -0.125. The van der Waals surface area contributed by atoms with Crippen molar-refractivity contribution in [2.75, 3.05) is 5.75 Å². The predicted octanol–water partition coefficient (Wildman–Crippen LogP) is 3.39. The second kappa shape index (κ2) is 6.90. The Balaban J connectivity index is 1.82. The minimum atomic E-state index is -0.926. The largest absolute Gasteiger partial charge is 0.345 e. The lowest BCUT2D eigenvalue weighted by Crippen LogP contribution is -2.44. The van der Waals surface area contributed by atoms with Crippen LogP contribution in [0.5, 0.6) is 0 Å². The maximum Gasteiger partial charge on any atom is 0.243 e. The smallest absolute Gasteiger partial charge is 0.243 e. The summed E-state index contributed by atoms with van der Waals surface area (Å²) in [5, 5.41) is 21.8. The summed E-state index contributed by atoms with van der Waals surface area (Å²) in [6.45, 7) is 7.40. The monoisotopic (exact) mass is 382 g/mol. The molecule has 0 bridgehead atoms. The van der Waals surface area contributed by atoms with Gasteiger partial charge in [0.15, 0.2) is 5.78 Å². The Morgan fingerprint density at radius 3 is 2.59 bits per heavy atom. The van der Waals surface area contributed by atoms with E-state index in [1.165, 1.54) is 0 Å². The van der Waals surface area contributed by atoms with E-state index in [1.54, 1.807) is 13.8 Å². The van der Waals surface area contributed by atoms with E-state index >= 15 is 0 Å². The number of hydrogen-bond donors (Lipinski definition) is 1. The van der Waals surface area contributed by atoms with E-state index in [2.05, 4.69) is 16.0 Å². The number of Topliss-reactive ketones (excluding diaryl/α,β-unsaturated/α-hetero) is 1. The van der Waals surface area contributed by atoms with Gasteiger partial charge >= 0.3 is 0 Å². The van der Waals surface area contributed by atoms with E-state index in [0.29, 0.717) is 22.2 Å². The first kappa shape index (κ1) is 19.3. The number of thioether (sulfide) groups is 1. The van der Waals surface area contributed by atoms with E-state index in [0.717, 1.165) is 36.0 Å². The van der Waals surface area contributed by atoms with Crippen molar-refractivity contribution in [3.05, 3.63) is 33.6 Å². The molecule has 1 fully saturated rings. The quantitative estimate of drug-likeness (QED) is 0.787. The Hall–Kier alpha value is -2.51. The molecule has 140 valence electrons. The molecule has 7 heteroatoms. The van der Waals surface area contributed by atoms with Crippen molar-refractivity contribution in [1.29, 1.82) is 10.5 Å². The van der Waals surface area contributed by atoms with Gasteiger partial charge in [-0.25, -0.2) is 0 Å². The van der Waals surface area contributed by atoms with Gasteiger partial charge in [0.25, 0.3) is 0 Å². The molecule has 1 aliphatic heterocycles. The van der Waals surface area contributed by atoms with Crippen LogP contribution in [0.3, 0.4) is 0 Å². The van der Waals surface area contributed by atoms with E-state index in [4.69, 9.17) is 0 Å². The van der Waals surface area contributed by atoms with Gasteiger partial charge in [-0.2, -0.15) is 10.5 Å². The first-order valence-electron chi connectivity index (χ1n) is 8.92. The average molecular weight is 382 g/mol. The van der Waals surface area contributed by atoms with Crippen LogP contribution in [0.4, 0.5) is 0 Å². The second-order valence-corrected chi connectivity index (χ2v) is 8.67. The van der Waals surface area contributed by atoms with Crippen LogP contribution in [-0.4, -0.2) is 22.0 Å². The first-order valence-corrected chi connectivity index (χ1v) is 9.90. The zero-order valence-corrected chi connectivity index (χ0v) is 16.7. The molecule has 3 rings (SSSR count). The number of nitriles is 2. The van der Waals surface area contributed by atoms with Crippen molar-refractivity contribution in [1.82, 2.24) is 9.88 Å². The first-order chi connectivity index (χ1) is 12.7. The van der Waals surface area contributed by atoms with Crippen LogP contribution in [0.25, 0.3) is 0 Å². The summed E-state index contributed by atoms with van der Waals surface area (Å²) in [5.74, 6) is -1.25. The fourth-order valence-electron chi connectivity index (χ4n) is 3.70. The summed E-state index contributed by atoms with van der Waals surface area (Å²) in [4.78, 5) is 25.0. The van der Waals surface area contributed by atoms with Gasteiger partial charge in [-0.1, -0.05) is 25.6 Å². The zero-order chi connectivity index (χ0) is 19.9. The summed E-state index contributed by atoms with van der Waals surface area (Å²) >= 11 is 1.16. The maximum absolute atomic E-state index is 12.8. The Bertz CT molecular complexity index is 938. The number of amides is 1. The van der Waals surface area contributed by atoms with Crippen molar-refractivity contribution in [2.24, 2.45) is 11.3 Å². The second-order valence-electron chi connectivity index (χ2n) is 7.69. The maximum atomic E-state index is 12.8. The van der Waals surface area contributed by atoms with E-state index in [-0.39, 0.29) is 11.5 Å². The number of nitrogens with zero attached hydrogens (tertiary/aromatic N) is 3. The summed E-state index contributed by atoms with van der Waals surface area (Å²) < 4.78 is 2.22. The number of hydrogen-bond acceptors (Lipinski definition) is 5. The summed E-state index contributed by atoms with van der Waals surface area (Å²) in [6.07, 6.45) is 2.30. The number of rotatable bonds is 5. The molecule has 2 aliphatic rings. The number of carbonyl (C=O) groups excluding carboxylic acids is 2. The molecule has 1 aliphatic carbocycles. The third-order valence-electron chi connectivity index (χ3n) is 5.38. The number of allylic oxidation sites excluding steroid dienone is 1. The Morgan fingerprint density at radius 1 is 1.37 bits per heavy atom. The molecular weight excluding hydrogens is 360 g/mol. The number of aromatic nitrogens is 1. The van der Waals surface area contributed by atoms with Gasteiger partial charge in [0.1, 0.15) is 5.92 Å². The van der Waals surface area contributed by atoms with Crippen molar-refractivity contribution in [3.63, 3.8) is 0 Å². The molecule has 6 nitrogen and oxygen atoms in total. The molecule has 0 unspecified atom stereocenters. The standard InChI is InChI=1S/C20H22N4O2S/c1-11-7-14(12(2)24(11)13-5-6-13)17(25)10-27-19-16(9-22)20(3,4)15(8-21)18(26)23-19/h7,13,15H,5-6,10H2,1-4H3,(H,23,26)/t15-/m1/s1. The minimum absolute atomic E-state index is 0.0285. The van der Waals surface area contributed by atoms with Crippen LogP contribution in [0, 0.1) is 47.8 Å². The van der Waals surface area contributed by atoms with Crippen LogP contribution >= 0.6 is 11.8 Å². The third kappa shape index (κ3) is 3.28. The molecule has 0 spiro atoms. The number of aryl methyl sites for hydroxylation is 1. The molecule has 0 saturated heterocycles. The SMILES string of the molecule is Cc1cc(C(=O)CSC2=C(C#N)C(C)(C)[C@H](C#N)C(=O)N2)c(C)n1C1CC1. The fraction of sp³-hybridized carbons (Fsp3) is 0.500. The fourth-order valence-corrected chi connectivity index (χ4v) is 4.76. The van der Waals surface area contributed by atoms with Gasteiger partial charge in [0.05, 0.1) is 28.5 Å².